The molecule has 4 atom stereocenters. The highest BCUT2D eigenvalue weighted by Crippen LogP contribution is 2.46. The van der Waals surface area contributed by atoms with E-state index in [0.29, 0.717) is 111 Å². The molecule has 0 radical (unpaired) electrons. The number of rotatable bonds is 25. The number of likely N-dealkylation sites (N-methyl/N-ethyl adjacent to an activating group) is 2. The number of nitrogens with zero attached hydrogens (tertiary/aromatic N) is 2. The number of ether oxygens (including phenoxy) is 7. The summed E-state index contributed by atoms with van der Waals surface area (Å²) in [6, 6.07) is 15.5. The van der Waals surface area contributed by atoms with Crippen LogP contribution in [-0.2, 0) is 77.8 Å². The molecule has 0 saturated carbocycles. The van der Waals surface area contributed by atoms with Gasteiger partial charge in [-0.3, -0.25) is 9.59 Å². The first-order valence-corrected chi connectivity index (χ1v) is 24.1. The maximum atomic E-state index is 13.0. The van der Waals surface area contributed by atoms with Crippen molar-refractivity contribution < 1.29 is 77.2 Å². The van der Waals surface area contributed by atoms with E-state index in [1.165, 1.54) is 5.56 Å². The molecule has 2 aliphatic heterocycles. The topological polar surface area (TPSA) is 200 Å². The molecule has 6 rings (SSSR count). The summed E-state index contributed by atoms with van der Waals surface area (Å²) in [6.07, 6.45) is 3.63. The van der Waals surface area contributed by atoms with E-state index < -0.39 is 11.9 Å². The third-order valence-corrected chi connectivity index (χ3v) is 14.7. The van der Waals surface area contributed by atoms with E-state index in [1.807, 2.05) is 36.4 Å². The fraction of sp³-hybridized carbons (Fsp3) is 0.519. The number of fused-ring (bicyclic) bond motifs is 2. The van der Waals surface area contributed by atoms with Gasteiger partial charge < -0.3 is 67.7 Å². The monoisotopic (exact) mass is 975 g/mol. The molecule has 0 saturated heterocycles. The van der Waals surface area contributed by atoms with Gasteiger partial charge >= 0.3 is 11.9 Å². The van der Waals surface area contributed by atoms with Crippen molar-refractivity contribution in [1.29, 1.82) is 0 Å². The van der Waals surface area contributed by atoms with Crippen LogP contribution in [0, 0.1) is 0 Å². The van der Waals surface area contributed by atoms with Crippen LogP contribution in [0.3, 0.4) is 0 Å². The van der Waals surface area contributed by atoms with E-state index in [2.05, 4.69) is 26.2 Å². The summed E-state index contributed by atoms with van der Waals surface area (Å²) in [5.41, 5.74) is 9.35. The molecular weight excluding hydrogens is 901 g/mol. The predicted molar refractivity (Wildman–Crippen MR) is 261 cm³/mol. The van der Waals surface area contributed by atoms with E-state index in [4.69, 9.17) is 33.2 Å². The largest absolute Gasteiger partial charge is 0.496 e. The number of quaternary nitrogens is 2. The van der Waals surface area contributed by atoms with Crippen LogP contribution in [0.15, 0.2) is 48.5 Å². The lowest BCUT2D eigenvalue weighted by atomic mass is 9.82. The van der Waals surface area contributed by atoms with Gasteiger partial charge in [0.05, 0.1) is 140 Å². The number of methoxy groups -OCH3 is 5. The van der Waals surface area contributed by atoms with E-state index in [1.54, 1.807) is 35.5 Å². The molecule has 2 heterocycles. The molecule has 5 N–H and O–H groups in total. The maximum Gasteiger partial charge on any atom is 0.306 e. The van der Waals surface area contributed by atoms with Gasteiger partial charge in [-0.1, -0.05) is 24.3 Å². The molecule has 4 unspecified atom stereocenters. The third kappa shape index (κ3) is 12.0. The Morgan fingerprint density at radius 2 is 1.09 bits per heavy atom. The summed E-state index contributed by atoms with van der Waals surface area (Å²) in [5, 5.41) is 50.7. The van der Waals surface area contributed by atoms with Crippen molar-refractivity contribution in [2.45, 2.75) is 96.5 Å². The van der Waals surface area contributed by atoms with Gasteiger partial charge in [0, 0.05) is 55.2 Å². The fourth-order valence-corrected chi connectivity index (χ4v) is 10.8. The van der Waals surface area contributed by atoms with Crippen LogP contribution in [0.4, 0.5) is 0 Å². The number of hydrogen-bond acceptors (Lipinski definition) is 14. The standard InChI is InChI=1S/C54H74N2O14/c1-55(18-14-37-28-47(64-3)48(65-4)29-43(37)45(55)25-36-23-42(33-60)53(67-6)49(26-36)66-5)16-8-20-69-50(62)12-13-51(63)70-21-9-17-56(2)19-15-38-27-41(32-59)44(34-61)54(68-7)52(38)46(56)24-35-10-11-39(30-57)40(22-35)31-58/h10-11,22-23,26-29,45-46,57-61H,8-9,12-21,24-25,30-34H2,1-7H3/q+2. The highest BCUT2D eigenvalue weighted by atomic mass is 16.5. The number of carbonyl (C=O) groups is 2. The Labute approximate surface area is 412 Å². The van der Waals surface area contributed by atoms with Gasteiger partial charge in [0.25, 0.3) is 0 Å². The Morgan fingerprint density at radius 3 is 1.64 bits per heavy atom. The number of esters is 2. The van der Waals surface area contributed by atoms with Crippen LogP contribution >= 0.6 is 0 Å². The van der Waals surface area contributed by atoms with Crippen molar-refractivity contribution in [3.63, 3.8) is 0 Å². The number of benzene rings is 4. The quantitative estimate of drug-likeness (QED) is 0.0334. The zero-order chi connectivity index (χ0) is 50.6. The van der Waals surface area contributed by atoms with E-state index >= 15 is 0 Å². The number of aliphatic hydroxyl groups is 5. The predicted octanol–water partition coefficient (Wildman–Crippen LogP) is 5.11. The fourth-order valence-electron chi connectivity index (χ4n) is 10.8. The highest BCUT2D eigenvalue weighted by molar-refractivity contribution is 5.77. The van der Waals surface area contributed by atoms with Gasteiger partial charge in [0.2, 0.25) is 0 Å². The Hall–Kier alpha value is -5.46. The van der Waals surface area contributed by atoms with Crippen molar-refractivity contribution in [2.75, 3.05) is 89.0 Å². The minimum atomic E-state index is -0.481. The zero-order valence-electron chi connectivity index (χ0n) is 42.0. The van der Waals surface area contributed by atoms with Gasteiger partial charge in [0.1, 0.15) is 17.8 Å². The molecule has 0 amide bonds. The SMILES string of the molecule is COc1cc2c(cc1OC)C(Cc1cc(CO)c(OC)c(OC)c1)[N+](C)(CCCOC(=O)CCC(=O)OCCC[N+]1(C)CCc3cc(CO)c(CO)c(OC)c3C1Cc1ccc(CO)c(CO)c1)CC2. The van der Waals surface area contributed by atoms with Crippen molar-refractivity contribution in [2.24, 2.45) is 0 Å². The van der Waals surface area contributed by atoms with Crippen LogP contribution in [0.25, 0.3) is 0 Å². The average molecular weight is 975 g/mol. The molecule has 16 heteroatoms. The second-order valence-electron chi connectivity index (χ2n) is 18.9. The van der Waals surface area contributed by atoms with Crippen LogP contribution in [0.5, 0.6) is 28.7 Å². The van der Waals surface area contributed by atoms with Gasteiger partial charge in [-0.25, -0.2) is 0 Å². The first-order valence-electron chi connectivity index (χ1n) is 24.1. The molecule has 2 aliphatic rings. The van der Waals surface area contributed by atoms with Crippen molar-refractivity contribution in [3.05, 3.63) is 110 Å². The second-order valence-corrected chi connectivity index (χ2v) is 18.9. The Bertz CT molecular complexity index is 2420. The molecule has 0 spiro atoms. The van der Waals surface area contributed by atoms with Gasteiger partial charge in [0.15, 0.2) is 23.0 Å². The minimum absolute atomic E-state index is 0.0215. The lowest BCUT2D eigenvalue weighted by Gasteiger charge is -2.46. The molecule has 0 aromatic heterocycles. The van der Waals surface area contributed by atoms with Crippen LogP contribution in [0.2, 0.25) is 0 Å². The molecule has 382 valence electrons. The number of hydrogen-bond donors (Lipinski definition) is 5. The molecule has 16 nitrogen and oxygen atoms in total. The number of carbonyl (C=O) groups excluding carboxylic acids is 2. The van der Waals surface area contributed by atoms with Crippen molar-refractivity contribution in [3.8, 4) is 28.7 Å². The Morgan fingerprint density at radius 1 is 0.543 bits per heavy atom. The summed E-state index contributed by atoms with van der Waals surface area (Å²) in [7, 11) is 12.3. The van der Waals surface area contributed by atoms with E-state index in [9.17, 15) is 35.1 Å². The van der Waals surface area contributed by atoms with Crippen LogP contribution in [0.1, 0.15) is 99.0 Å². The number of aliphatic hydroxyl groups excluding tert-OH is 5. The van der Waals surface area contributed by atoms with E-state index in [0.717, 1.165) is 47.3 Å². The lowest BCUT2D eigenvalue weighted by Crippen LogP contribution is -2.53. The maximum absolute atomic E-state index is 13.0. The first-order chi connectivity index (χ1) is 33.8. The second kappa shape index (κ2) is 24.6. The van der Waals surface area contributed by atoms with Gasteiger partial charge in [-0.2, -0.15) is 0 Å². The highest BCUT2D eigenvalue weighted by Gasteiger charge is 2.43. The molecule has 4 aromatic rings. The van der Waals surface area contributed by atoms with Crippen LogP contribution in [-0.4, -0.2) is 135 Å². The average Bonchev–Trinajstić information content (AvgIpc) is 3.38. The molecule has 0 aliphatic carbocycles. The molecular formula is C54H74N2O14+2. The van der Waals surface area contributed by atoms with Crippen molar-refractivity contribution >= 4 is 11.9 Å². The Balaban J connectivity index is 1.05. The van der Waals surface area contributed by atoms with Gasteiger partial charge in [-0.05, 0) is 63.2 Å². The first kappa shape index (κ1) is 53.9. The summed E-state index contributed by atoms with van der Waals surface area (Å²) in [5.74, 6) is 1.96. The van der Waals surface area contributed by atoms with Crippen LogP contribution < -0.4 is 23.7 Å². The Kier molecular flexibility index (Phi) is 18.9. The summed E-state index contributed by atoms with van der Waals surface area (Å²) in [6.45, 7) is 2.15. The smallest absolute Gasteiger partial charge is 0.306 e. The third-order valence-electron chi connectivity index (χ3n) is 14.7. The van der Waals surface area contributed by atoms with Crippen molar-refractivity contribution in [1.82, 2.24) is 0 Å². The van der Waals surface area contributed by atoms with Gasteiger partial charge in [-0.15, -0.1) is 0 Å². The zero-order valence-corrected chi connectivity index (χ0v) is 42.0. The lowest BCUT2D eigenvalue weighted by molar-refractivity contribution is -0.941. The molecule has 0 bridgehead atoms. The summed E-state index contributed by atoms with van der Waals surface area (Å²) in [4.78, 5) is 25.9. The molecule has 70 heavy (non-hydrogen) atoms. The summed E-state index contributed by atoms with van der Waals surface area (Å²) < 4.78 is 41.1. The van der Waals surface area contributed by atoms with E-state index in [-0.39, 0.29) is 71.2 Å². The molecule has 0 fully saturated rings. The molecule has 4 aromatic carbocycles. The minimum Gasteiger partial charge on any atom is -0.496 e. The normalized spacial score (nSPS) is 19.4. The summed E-state index contributed by atoms with van der Waals surface area (Å²) >= 11 is 0.